The minimum atomic E-state index is -0.890. The molecule has 1 N–H and O–H groups in total. The molecule has 5 rings (SSSR count). The molecule has 0 radical (unpaired) electrons. The smallest absolute Gasteiger partial charge is 0.301 e. The summed E-state index contributed by atoms with van der Waals surface area (Å²) in [6, 6.07) is 18.0. The third-order valence-corrected chi connectivity index (χ3v) is 7.13. The van der Waals surface area contributed by atoms with Gasteiger partial charge in [-0.1, -0.05) is 35.1 Å². The molecule has 1 amide bonds. The van der Waals surface area contributed by atoms with Crippen molar-refractivity contribution in [3.05, 3.63) is 88.5 Å². The molecule has 7 nitrogen and oxygen atoms in total. The molecule has 0 spiro atoms. The number of aliphatic hydroxyl groups excluding tert-OH is 1. The Bertz CT molecular complexity index is 1500. The van der Waals surface area contributed by atoms with Gasteiger partial charge in [0.2, 0.25) is 0 Å². The van der Waals surface area contributed by atoms with Crippen LogP contribution in [0.3, 0.4) is 0 Å². The largest absolute Gasteiger partial charge is 0.507 e. The van der Waals surface area contributed by atoms with Crippen molar-refractivity contribution in [1.82, 2.24) is 4.98 Å². The Hall–Kier alpha value is -3.88. The Morgan fingerprint density at radius 1 is 1.06 bits per heavy atom. The van der Waals surface area contributed by atoms with Crippen LogP contribution in [0.1, 0.15) is 24.1 Å². The number of benzene rings is 3. The summed E-state index contributed by atoms with van der Waals surface area (Å²) in [5.41, 5.74) is 1.65. The number of rotatable bonds is 6. The first kappa shape index (κ1) is 23.8. The van der Waals surface area contributed by atoms with Crippen LogP contribution in [-0.2, 0) is 9.59 Å². The maximum Gasteiger partial charge on any atom is 0.301 e. The Labute approximate surface area is 216 Å². The van der Waals surface area contributed by atoms with Crippen LogP contribution in [0.4, 0.5) is 5.13 Å². The molecule has 9 heteroatoms. The maximum atomic E-state index is 13.4. The van der Waals surface area contributed by atoms with E-state index in [1.807, 2.05) is 25.1 Å². The van der Waals surface area contributed by atoms with E-state index in [4.69, 9.17) is 21.1 Å². The molecule has 3 aromatic carbocycles. The van der Waals surface area contributed by atoms with E-state index in [1.165, 1.54) is 16.2 Å². The quantitative estimate of drug-likeness (QED) is 0.191. The number of thiazole rings is 1. The summed E-state index contributed by atoms with van der Waals surface area (Å²) in [6.07, 6.45) is 0. The summed E-state index contributed by atoms with van der Waals surface area (Å²) >= 11 is 7.27. The van der Waals surface area contributed by atoms with E-state index < -0.39 is 17.7 Å². The number of nitrogens with zero attached hydrogens (tertiary/aromatic N) is 2. The highest BCUT2D eigenvalue weighted by atomic mass is 35.5. The summed E-state index contributed by atoms with van der Waals surface area (Å²) in [6.45, 7) is 2.42. The Kier molecular flexibility index (Phi) is 6.38. The number of aliphatic hydroxyl groups is 1. The van der Waals surface area contributed by atoms with Crippen LogP contribution in [0.5, 0.6) is 11.5 Å². The average Bonchev–Trinajstić information content (AvgIpc) is 3.42. The predicted octanol–water partition coefficient (Wildman–Crippen LogP) is 5.98. The Morgan fingerprint density at radius 2 is 1.75 bits per heavy atom. The fourth-order valence-electron chi connectivity index (χ4n) is 4.15. The number of Topliss-reactive ketones (excluding diaryl/α,β-unsaturated/α-hetero) is 1. The summed E-state index contributed by atoms with van der Waals surface area (Å²) < 4.78 is 11.7. The molecule has 0 saturated carbocycles. The predicted molar refractivity (Wildman–Crippen MR) is 140 cm³/mol. The number of hydrogen-bond acceptors (Lipinski definition) is 7. The summed E-state index contributed by atoms with van der Waals surface area (Å²) in [5, 5.41) is 12.0. The van der Waals surface area contributed by atoms with Crippen molar-refractivity contribution in [3.8, 4) is 11.5 Å². The Balaban J connectivity index is 1.68. The molecule has 1 aliphatic heterocycles. The number of ketones is 1. The molecule has 0 aliphatic carbocycles. The van der Waals surface area contributed by atoms with Crippen LogP contribution in [-0.4, -0.2) is 35.5 Å². The lowest BCUT2D eigenvalue weighted by atomic mass is 9.95. The third kappa shape index (κ3) is 4.19. The topological polar surface area (TPSA) is 89.0 Å². The lowest BCUT2D eigenvalue weighted by molar-refractivity contribution is -0.132. The number of carbonyl (C=O) groups is 2. The van der Waals surface area contributed by atoms with E-state index in [2.05, 4.69) is 4.98 Å². The van der Waals surface area contributed by atoms with Gasteiger partial charge in [-0.15, -0.1) is 0 Å². The first-order chi connectivity index (χ1) is 17.4. The van der Waals surface area contributed by atoms with Crippen LogP contribution < -0.4 is 14.4 Å². The van der Waals surface area contributed by atoms with Crippen molar-refractivity contribution in [2.24, 2.45) is 0 Å². The van der Waals surface area contributed by atoms with Gasteiger partial charge >= 0.3 is 5.91 Å². The van der Waals surface area contributed by atoms with Gasteiger partial charge in [0.05, 0.1) is 35.5 Å². The number of ether oxygens (including phenoxy) is 2. The van der Waals surface area contributed by atoms with Crippen molar-refractivity contribution < 1.29 is 24.2 Å². The number of fused-ring (bicyclic) bond motifs is 1. The minimum Gasteiger partial charge on any atom is -0.507 e. The molecule has 36 heavy (non-hydrogen) atoms. The molecule has 1 atom stereocenters. The van der Waals surface area contributed by atoms with Gasteiger partial charge in [-0.2, -0.15) is 0 Å². The molecule has 1 aromatic heterocycles. The summed E-state index contributed by atoms with van der Waals surface area (Å²) in [7, 11) is 1.55. The van der Waals surface area contributed by atoms with Crippen LogP contribution in [0, 0.1) is 0 Å². The van der Waals surface area contributed by atoms with Gasteiger partial charge in [0, 0.05) is 10.6 Å². The molecule has 0 bridgehead atoms. The molecular formula is C27H21ClN2O5S. The van der Waals surface area contributed by atoms with Gasteiger partial charge in [-0.25, -0.2) is 4.98 Å². The monoisotopic (exact) mass is 520 g/mol. The molecule has 1 unspecified atom stereocenters. The zero-order valence-electron chi connectivity index (χ0n) is 19.4. The molecule has 4 aromatic rings. The van der Waals surface area contributed by atoms with Crippen molar-refractivity contribution in [2.45, 2.75) is 13.0 Å². The number of halogens is 1. The molecular weight excluding hydrogens is 500 g/mol. The van der Waals surface area contributed by atoms with E-state index in [1.54, 1.807) is 55.6 Å². The lowest BCUT2D eigenvalue weighted by Gasteiger charge is -2.23. The first-order valence-corrected chi connectivity index (χ1v) is 12.3. The first-order valence-electron chi connectivity index (χ1n) is 11.2. The fourth-order valence-corrected chi connectivity index (χ4v) is 5.29. The van der Waals surface area contributed by atoms with Gasteiger partial charge in [0.1, 0.15) is 17.3 Å². The van der Waals surface area contributed by atoms with Crippen molar-refractivity contribution in [2.75, 3.05) is 18.6 Å². The van der Waals surface area contributed by atoms with E-state index in [0.29, 0.717) is 44.9 Å². The van der Waals surface area contributed by atoms with Crippen LogP contribution in [0.15, 0.2) is 72.3 Å². The van der Waals surface area contributed by atoms with Crippen molar-refractivity contribution >= 4 is 55.7 Å². The zero-order valence-corrected chi connectivity index (χ0v) is 21.0. The summed E-state index contributed by atoms with van der Waals surface area (Å²) in [5.74, 6) is -0.533. The van der Waals surface area contributed by atoms with Gasteiger partial charge in [-0.3, -0.25) is 14.5 Å². The third-order valence-electron chi connectivity index (χ3n) is 5.86. The van der Waals surface area contributed by atoms with Crippen molar-refractivity contribution in [3.63, 3.8) is 0 Å². The number of amides is 1. The van der Waals surface area contributed by atoms with E-state index in [9.17, 15) is 14.7 Å². The number of hydrogen-bond donors (Lipinski definition) is 1. The normalized spacial score (nSPS) is 17.1. The zero-order chi connectivity index (χ0) is 25.4. The number of carbonyl (C=O) groups excluding carboxylic acids is 2. The van der Waals surface area contributed by atoms with E-state index >= 15 is 0 Å². The molecule has 1 saturated heterocycles. The number of anilines is 1. The lowest BCUT2D eigenvalue weighted by Crippen LogP contribution is -2.29. The number of methoxy groups -OCH3 is 1. The van der Waals surface area contributed by atoms with E-state index in [-0.39, 0.29) is 11.3 Å². The fraction of sp³-hybridized carbons (Fsp3) is 0.148. The molecule has 2 heterocycles. The second kappa shape index (κ2) is 9.64. The average molecular weight is 521 g/mol. The van der Waals surface area contributed by atoms with E-state index in [0.717, 1.165) is 4.70 Å². The molecule has 1 fully saturated rings. The second-order valence-electron chi connectivity index (χ2n) is 8.01. The van der Waals surface area contributed by atoms with Crippen LogP contribution >= 0.6 is 22.9 Å². The Morgan fingerprint density at radius 3 is 2.42 bits per heavy atom. The number of aromatic nitrogens is 1. The molecule has 182 valence electrons. The summed E-state index contributed by atoms with van der Waals surface area (Å²) in [4.78, 5) is 32.7. The maximum absolute atomic E-state index is 13.4. The molecule has 1 aliphatic rings. The van der Waals surface area contributed by atoms with Gasteiger partial charge in [0.25, 0.3) is 5.78 Å². The standard InChI is InChI=1S/C27H21ClN2O5S/c1-3-35-19-12-13-20-21(14-19)36-27(29-20)30-23(15-6-10-18(34-2)11-7-15)22(25(32)26(30)33)24(31)16-4-8-17(28)9-5-16/h4-14,23,31H,3H2,1-2H3/b24-22+. The van der Waals surface area contributed by atoms with Crippen LogP contribution in [0.25, 0.3) is 16.0 Å². The van der Waals surface area contributed by atoms with Gasteiger partial charge < -0.3 is 14.6 Å². The van der Waals surface area contributed by atoms with Crippen molar-refractivity contribution in [1.29, 1.82) is 0 Å². The SMILES string of the molecule is CCOc1ccc2nc(N3C(=O)C(=O)/C(=C(/O)c4ccc(Cl)cc4)C3c3ccc(OC)cc3)sc2c1. The second-order valence-corrected chi connectivity index (χ2v) is 9.45. The minimum absolute atomic E-state index is 0.0262. The van der Waals surface area contributed by atoms with Gasteiger partial charge in [-0.05, 0) is 67.1 Å². The highest BCUT2D eigenvalue weighted by molar-refractivity contribution is 7.22. The van der Waals surface area contributed by atoms with Crippen LogP contribution in [0.2, 0.25) is 5.02 Å². The highest BCUT2D eigenvalue weighted by Gasteiger charge is 2.48. The van der Waals surface area contributed by atoms with Gasteiger partial charge in [0.15, 0.2) is 5.13 Å². The highest BCUT2D eigenvalue weighted by Crippen LogP contribution is 2.45.